The third kappa shape index (κ3) is 6.69. The van der Waals surface area contributed by atoms with Gasteiger partial charge in [0.2, 0.25) is 23.5 Å². The van der Waals surface area contributed by atoms with Gasteiger partial charge in [-0.25, -0.2) is 14.6 Å². The second-order valence-electron chi connectivity index (χ2n) is 10.7. The summed E-state index contributed by atoms with van der Waals surface area (Å²) in [4.78, 5) is 87.7. The lowest BCUT2D eigenvalue weighted by Gasteiger charge is -2.49. The van der Waals surface area contributed by atoms with Crippen molar-refractivity contribution in [3.8, 4) is 0 Å². The molecule has 45 heavy (non-hydrogen) atoms. The smallest absolute Gasteiger partial charge is 0.352 e. The molecule has 4 atom stereocenters. The molecule has 0 saturated carbocycles. The van der Waals surface area contributed by atoms with Crippen molar-refractivity contribution in [3.05, 3.63) is 34.3 Å². The SMILES string of the molecule is CC(O/N=C(\C(=O)N[C@H]1C(=O)N2C(C(=O)O)=C(/C=C3\CCCN(C4CCN(CC(=O)O)C4)C3=O)CSC12)c1ncsn1)C(=O)O. The molecule has 4 aliphatic rings. The van der Waals surface area contributed by atoms with Gasteiger partial charge in [0, 0.05) is 37.0 Å². The van der Waals surface area contributed by atoms with Gasteiger partial charge >= 0.3 is 17.9 Å². The number of rotatable bonds is 11. The number of carboxylic acids is 3. The molecule has 1 aromatic rings. The first kappa shape index (κ1) is 32.0. The molecule has 4 aliphatic heterocycles. The maximum absolute atomic E-state index is 13.4. The first-order valence-electron chi connectivity index (χ1n) is 13.9. The third-order valence-electron chi connectivity index (χ3n) is 7.70. The van der Waals surface area contributed by atoms with Gasteiger partial charge in [-0.1, -0.05) is 5.16 Å². The first-order valence-corrected chi connectivity index (χ1v) is 15.8. The van der Waals surface area contributed by atoms with Gasteiger partial charge < -0.3 is 30.4 Å². The van der Waals surface area contributed by atoms with Crippen molar-refractivity contribution in [2.24, 2.45) is 5.16 Å². The molecule has 0 aliphatic carbocycles. The molecule has 5 rings (SSSR count). The predicted molar refractivity (Wildman–Crippen MR) is 156 cm³/mol. The van der Waals surface area contributed by atoms with E-state index in [0.717, 1.165) is 16.4 Å². The van der Waals surface area contributed by atoms with Gasteiger partial charge in [-0.2, -0.15) is 4.37 Å². The summed E-state index contributed by atoms with van der Waals surface area (Å²) in [6.07, 6.45) is 1.86. The van der Waals surface area contributed by atoms with Crippen LogP contribution in [0, 0.1) is 0 Å². The number of likely N-dealkylation sites (tertiary alicyclic amines) is 2. The van der Waals surface area contributed by atoms with E-state index in [-0.39, 0.29) is 41.3 Å². The number of nitrogens with zero attached hydrogens (tertiary/aromatic N) is 6. The lowest BCUT2D eigenvalue weighted by Crippen LogP contribution is -2.71. The maximum atomic E-state index is 13.4. The summed E-state index contributed by atoms with van der Waals surface area (Å²) in [5, 5.41) is 33.6. The van der Waals surface area contributed by atoms with Crippen LogP contribution < -0.4 is 5.32 Å². The topological polar surface area (TPSA) is 232 Å². The fraction of sp³-hybridized carbons (Fsp3) is 0.500. The highest BCUT2D eigenvalue weighted by molar-refractivity contribution is 8.00. The normalized spacial score (nSPS) is 25.6. The third-order valence-corrected chi connectivity index (χ3v) is 9.48. The maximum Gasteiger partial charge on any atom is 0.352 e. The second-order valence-corrected chi connectivity index (χ2v) is 12.4. The number of oxime groups is 1. The van der Waals surface area contributed by atoms with Gasteiger partial charge in [0.25, 0.3) is 11.8 Å². The van der Waals surface area contributed by atoms with Crippen molar-refractivity contribution < 1.29 is 48.9 Å². The van der Waals surface area contributed by atoms with E-state index in [4.69, 9.17) is 15.1 Å². The summed E-state index contributed by atoms with van der Waals surface area (Å²) in [6, 6.07) is -1.28. The van der Waals surface area contributed by atoms with E-state index in [0.29, 0.717) is 44.5 Å². The lowest BCUT2D eigenvalue weighted by molar-refractivity contribution is -0.150. The molecule has 240 valence electrons. The number of fused-ring (bicyclic) bond motifs is 1. The van der Waals surface area contributed by atoms with Gasteiger partial charge in [0.05, 0.1) is 6.54 Å². The zero-order valence-corrected chi connectivity index (χ0v) is 25.5. The quantitative estimate of drug-likeness (QED) is 0.0981. The van der Waals surface area contributed by atoms with Crippen molar-refractivity contribution >= 4 is 64.6 Å². The highest BCUT2D eigenvalue weighted by Gasteiger charge is 2.54. The number of β-lactam (4-membered cyclic amide) rings is 1. The summed E-state index contributed by atoms with van der Waals surface area (Å²) >= 11 is 2.12. The Morgan fingerprint density at radius 3 is 2.67 bits per heavy atom. The number of aliphatic carboxylic acids is 3. The second kappa shape index (κ2) is 13.3. The van der Waals surface area contributed by atoms with Crippen molar-refractivity contribution in [2.45, 2.75) is 49.7 Å². The summed E-state index contributed by atoms with van der Waals surface area (Å²) in [7, 11) is 0. The molecule has 3 amide bonds. The largest absolute Gasteiger partial charge is 0.480 e. The fourth-order valence-electron chi connectivity index (χ4n) is 5.53. The van der Waals surface area contributed by atoms with Crippen molar-refractivity contribution in [1.82, 2.24) is 29.4 Å². The molecular weight excluding hydrogens is 634 g/mol. The van der Waals surface area contributed by atoms with Crippen LogP contribution >= 0.6 is 23.3 Å². The molecule has 0 bridgehead atoms. The van der Waals surface area contributed by atoms with Gasteiger partial charge in [-0.05, 0) is 49.4 Å². The molecule has 17 nitrogen and oxygen atoms in total. The Kier molecular flexibility index (Phi) is 9.49. The van der Waals surface area contributed by atoms with Crippen molar-refractivity contribution in [1.29, 1.82) is 0 Å². The van der Waals surface area contributed by atoms with Crippen molar-refractivity contribution in [3.63, 3.8) is 0 Å². The number of hydrogen-bond acceptors (Lipinski definition) is 13. The van der Waals surface area contributed by atoms with E-state index in [1.165, 1.54) is 30.3 Å². The number of carbonyl (C=O) groups excluding carboxylic acids is 3. The monoisotopic (exact) mass is 663 g/mol. The van der Waals surface area contributed by atoms with Crippen LogP contribution in [0.15, 0.2) is 33.6 Å². The van der Waals surface area contributed by atoms with Gasteiger partial charge in [0.15, 0.2) is 0 Å². The number of amides is 3. The molecule has 5 heterocycles. The van der Waals surface area contributed by atoms with Crippen LogP contribution in [0.5, 0.6) is 0 Å². The Hall–Kier alpha value is -4.36. The number of thioether (sulfide) groups is 1. The van der Waals surface area contributed by atoms with Gasteiger partial charge in [0.1, 0.15) is 22.6 Å². The number of hydrogen-bond donors (Lipinski definition) is 4. The Morgan fingerprint density at radius 1 is 1.22 bits per heavy atom. The van der Waals surface area contributed by atoms with Gasteiger partial charge in [-0.15, -0.1) is 11.8 Å². The van der Waals surface area contributed by atoms with Crippen LogP contribution in [0.25, 0.3) is 0 Å². The molecule has 0 radical (unpaired) electrons. The molecule has 0 spiro atoms. The van der Waals surface area contributed by atoms with E-state index in [1.54, 1.807) is 9.80 Å². The minimum Gasteiger partial charge on any atom is -0.480 e. The zero-order chi connectivity index (χ0) is 32.4. The molecule has 3 fully saturated rings. The highest BCUT2D eigenvalue weighted by atomic mass is 32.2. The first-order chi connectivity index (χ1) is 21.5. The average Bonchev–Trinajstić information content (AvgIpc) is 3.69. The molecule has 0 aromatic carbocycles. The Bertz CT molecular complexity index is 1510. The standard InChI is InChI=1S/C26H29N7O10S2/c1-12(25(39)40)43-29-17(20-27-11-45-30-20)21(36)28-18-23(38)33-19(26(41)42)14(10-44-24(18)33)7-13-3-2-5-32(22(13)37)15-4-6-31(8-15)9-16(34)35/h7,11-12,15,18,24H,2-6,8-10H2,1H3,(H,28,36)(H,34,35)(H,39,40)(H,41,42)/b13-7+,29-17-/t12?,15?,18-,24?/m0/s1. The van der Waals surface area contributed by atoms with Crippen LogP contribution in [0.4, 0.5) is 0 Å². The van der Waals surface area contributed by atoms with E-state index >= 15 is 0 Å². The minimum absolute atomic E-state index is 0.104. The van der Waals surface area contributed by atoms with E-state index < -0.39 is 53.0 Å². The van der Waals surface area contributed by atoms with Gasteiger partial charge in [-0.3, -0.25) is 29.0 Å². The lowest BCUT2D eigenvalue weighted by atomic mass is 9.97. The summed E-state index contributed by atoms with van der Waals surface area (Å²) in [6.45, 7) is 2.61. The number of carboxylic acid groups (broad SMARTS) is 3. The molecule has 19 heteroatoms. The van der Waals surface area contributed by atoms with E-state index in [1.807, 2.05) is 0 Å². The molecule has 3 unspecified atom stereocenters. The Labute approximate surface area is 263 Å². The van der Waals surface area contributed by atoms with E-state index in [9.17, 15) is 33.9 Å². The zero-order valence-electron chi connectivity index (χ0n) is 23.8. The minimum atomic E-state index is -1.38. The van der Waals surface area contributed by atoms with Crippen LogP contribution in [0.1, 0.15) is 32.0 Å². The number of aromatic nitrogens is 2. The molecule has 4 N–H and O–H groups in total. The average molecular weight is 664 g/mol. The predicted octanol–water partition coefficient (Wildman–Crippen LogP) is -0.822. The van der Waals surface area contributed by atoms with Crippen LogP contribution in [-0.4, -0.2) is 136 Å². The van der Waals surface area contributed by atoms with Crippen molar-refractivity contribution in [2.75, 3.05) is 31.9 Å². The fourth-order valence-corrected chi connectivity index (χ4v) is 7.26. The molecular formula is C26H29N7O10S2. The number of allylic oxidation sites excluding steroid dienone is 1. The molecule has 1 aromatic heterocycles. The summed E-state index contributed by atoms with van der Waals surface area (Å²) < 4.78 is 3.93. The van der Waals surface area contributed by atoms with Crippen LogP contribution in [-0.2, 0) is 33.6 Å². The number of nitrogens with one attached hydrogen (secondary N) is 1. The number of piperidine rings is 1. The number of carbonyl (C=O) groups is 6. The Balaban J connectivity index is 1.31. The Morgan fingerprint density at radius 2 is 2.00 bits per heavy atom. The summed E-state index contributed by atoms with van der Waals surface area (Å²) in [5.41, 5.74) is 1.29. The summed E-state index contributed by atoms with van der Waals surface area (Å²) in [5.74, 6) is -5.48. The molecule has 3 saturated heterocycles. The van der Waals surface area contributed by atoms with Crippen LogP contribution in [0.3, 0.4) is 0 Å². The highest BCUT2D eigenvalue weighted by Crippen LogP contribution is 2.41. The van der Waals surface area contributed by atoms with E-state index in [2.05, 4.69) is 19.8 Å². The van der Waals surface area contributed by atoms with Crippen LogP contribution in [0.2, 0.25) is 0 Å².